The van der Waals surface area contributed by atoms with Gasteiger partial charge in [0.05, 0.1) is 6.54 Å². The molecule has 1 rings (SSSR count). The molecular formula is C11H23N3S. The summed E-state index contributed by atoms with van der Waals surface area (Å²) in [6, 6.07) is 0.641. The Morgan fingerprint density at radius 2 is 2.13 bits per heavy atom. The van der Waals surface area contributed by atoms with Gasteiger partial charge in [-0.2, -0.15) is 0 Å². The van der Waals surface area contributed by atoms with Gasteiger partial charge in [0.25, 0.3) is 0 Å². The van der Waals surface area contributed by atoms with E-state index in [1.54, 1.807) is 0 Å². The highest BCUT2D eigenvalue weighted by molar-refractivity contribution is 8.14. The number of likely N-dealkylation sites (N-methyl/N-ethyl adjacent to an activating group) is 1. The first-order valence-corrected chi connectivity index (χ1v) is 6.94. The molecule has 0 aromatic heterocycles. The summed E-state index contributed by atoms with van der Waals surface area (Å²) in [6.07, 6.45) is 1.20. The van der Waals surface area contributed by atoms with Crippen LogP contribution in [0.1, 0.15) is 27.2 Å². The van der Waals surface area contributed by atoms with Gasteiger partial charge in [0.1, 0.15) is 0 Å². The van der Waals surface area contributed by atoms with Gasteiger partial charge in [-0.05, 0) is 19.5 Å². The molecule has 1 atom stereocenters. The van der Waals surface area contributed by atoms with Crippen molar-refractivity contribution in [1.29, 1.82) is 0 Å². The Morgan fingerprint density at radius 1 is 1.40 bits per heavy atom. The molecule has 88 valence electrons. The Kier molecular flexibility index (Phi) is 6.10. The third-order valence-electron chi connectivity index (χ3n) is 2.81. The molecular weight excluding hydrogens is 206 g/mol. The first-order chi connectivity index (χ1) is 7.30. The Labute approximate surface area is 97.7 Å². The van der Waals surface area contributed by atoms with Crippen molar-refractivity contribution in [3.05, 3.63) is 0 Å². The average Bonchev–Trinajstić information content (AvgIpc) is 2.72. The van der Waals surface area contributed by atoms with Crippen LogP contribution in [-0.2, 0) is 0 Å². The molecule has 0 amide bonds. The molecule has 0 radical (unpaired) electrons. The summed E-state index contributed by atoms with van der Waals surface area (Å²) >= 11 is 1.86. The standard InChI is InChI=1S/C11H23N3S/c1-4-10-9-15-11(13-10)12-7-8-14(5-2)6-3/h10H,4-9H2,1-3H3,(H,12,13). The van der Waals surface area contributed by atoms with Crippen LogP contribution in [-0.4, -0.2) is 48.0 Å². The Bertz CT molecular complexity index is 202. The highest BCUT2D eigenvalue weighted by Crippen LogP contribution is 2.15. The minimum absolute atomic E-state index is 0.641. The lowest BCUT2D eigenvalue weighted by Gasteiger charge is -2.16. The van der Waals surface area contributed by atoms with E-state index >= 15 is 0 Å². The quantitative estimate of drug-likeness (QED) is 0.752. The summed E-state index contributed by atoms with van der Waals surface area (Å²) in [7, 11) is 0. The van der Waals surface area contributed by atoms with Gasteiger partial charge in [0, 0.05) is 18.3 Å². The van der Waals surface area contributed by atoms with Gasteiger partial charge in [-0.15, -0.1) is 0 Å². The van der Waals surface area contributed by atoms with Crippen LogP contribution in [0.4, 0.5) is 0 Å². The van der Waals surface area contributed by atoms with Gasteiger partial charge in [-0.25, -0.2) is 0 Å². The zero-order valence-electron chi connectivity index (χ0n) is 10.1. The van der Waals surface area contributed by atoms with Crippen molar-refractivity contribution in [2.45, 2.75) is 33.2 Å². The molecule has 0 aromatic rings. The van der Waals surface area contributed by atoms with E-state index in [9.17, 15) is 0 Å². The maximum absolute atomic E-state index is 4.58. The van der Waals surface area contributed by atoms with Gasteiger partial charge in [-0.3, -0.25) is 4.99 Å². The van der Waals surface area contributed by atoms with Crippen LogP contribution in [0.3, 0.4) is 0 Å². The summed E-state index contributed by atoms with van der Waals surface area (Å²) in [5.41, 5.74) is 0. The second-order valence-corrected chi connectivity index (χ2v) is 4.78. The predicted octanol–water partition coefficient (Wildman–Crippen LogP) is 1.80. The van der Waals surface area contributed by atoms with Crippen molar-refractivity contribution < 1.29 is 0 Å². The second kappa shape index (κ2) is 7.12. The molecule has 4 heteroatoms. The molecule has 0 spiro atoms. The number of nitrogens with zero attached hydrogens (tertiary/aromatic N) is 2. The van der Waals surface area contributed by atoms with Crippen molar-refractivity contribution in [2.75, 3.05) is 31.9 Å². The largest absolute Gasteiger partial charge is 0.361 e. The summed E-state index contributed by atoms with van der Waals surface area (Å²) in [5.74, 6) is 1.18. The normalized spacial score (nSPS) is 23.7. The SMILES string of the molecule is CCC1CSC(=NCCN(CC)CC)N1. The summed E-state index contributed by atoms with van der Waals surface area (Å²) in [4.78, 5) is 6.99. The lowest BCUT2D eigenvalue weighted by Crippen LogP contribution is -2.28. The van der Waals surface area contributed by atoms with E-state index in [1.807, 2.05) is 11.8 Å². The monoisotopic (exact) mass is 229 g/mol. The van der Waals surface area contributed by atoms with Gasteiger partial charge in [-0.1, -0.05) is 32.5 Å². The topological polar surface area (TPSA) is 27.6 Å². The second-order valence-electron chi connectivity index (χ2n) is 3.77. The highest BCUT2D eigenvalue weighted by Gasteiger charge is 2.17. The van der Waals surface area contributed by atoms with Crippen LogP contribution >= 0.6 is 11.8 Å². The molecule has 0 saturated carbocycles. The molecule has 0 bridgehead atoms. The van der Waals surface area contributed by atoms with Crippen LogP contribution in [0.2, 0.25) is 0 Å². The van der Waals surface area contributed by atoms with E-state index in [2.05, 4.69) is 36.0 Å². The summed E-state index contributed by atoms with van der Waals surface area (Å²) < 4.78 is 0. The van der Waals surface area contributed by atoms with Crippen LogP contribution < -0.4 is 5.32 Å². The highest BCUT2D eigenvalue weighted by atomic mass is 32.2. The minimum atomic E-state index is 0.641. The van der Waals surface area contributed by atoms with Gasteiger partial charge in [0.2, 0.25) is 0 Å². The fourth-order valence-corrected chi connectivity index (χ4v) is 2.69. The summed E-state index contributed by atoms with van der Waals surface area (Å²) in [6.45, 7) is 10.9. The number of aliphatic imine (C=N–C) groups is 1. The molecule has 1 aliphatic heterocycles. The molecule has 1 unspecified atom stereocenters. The lowest BCUT2D eigenvalue weighted by atomic mass is 10.3. The molecule has 15 heavy (non-hydrogen) atoms. The van der Waals surface area contributed by atoms with Gasteiger partial charge < -0.3 is 10.2 Å². The van der Waals surface area contributed by atoms with E-state index in [1.165, 1.54) is 12.2 Å². The van der Waals surface area contributed by atoms with Crippen molar-refractivity contribution >= 4 is 16.9 Å². The van der Waals surface area contributed by atoms with Crippen LogP contribution in [0, 0.1) is 0 Å². The first kappa shape index (κ1) is 12.8. The first-order valence-electron chi connectivity index (χ1n) is 5.96. The molecule has 1 N–H and O–H groups in total. The van der Waals surface area contributed by atoms with Gasteiger partial charge in [0.15, 0.2) is 5.17 Å². The van der Waals surface area contributed by atoms with Gasteiger partial charge >= 0.3 is 0 Å². The zero-order chi connectivity index (χ0) is 11.1. The molecule has 0 aliphatic carbocycles. The van der Waals surface area contributed by atoms with E-state index in [4.69, 9.17) is 0 Å². The van der Waals surface area contributed by atoms with Crippen molar-refractivity contribution in [3.63, 3.8) is 0 Å². The fraction of sp³-hybridized carbons (Fsp3) is 0.909. The third-order valence-corrected chi connectivity index (χ3v) is 3.90. The molecule has 0 aromatic carbocycles. The van der Waals surface area contributed by atoms with Crippen molar-refractivity contribution in [3.8, 4) is 0 Å². The number of hydrogen-bond donors (Lipinski definition) is 1. The number of thioether (sulfide) groups is 1. The molecule has 3 nitrogen and oxygen atoms in total. The third kappa shape index (κ3) is 4.43. The Balaban J connectivity index is 2.21. The Hall–Kier alpha value is -0.220. The molecule has 1 heterocycles. The van der Waals surface area contributed by atoms with Crippen molar-refractivity contribution in [2.24, 2.45) is 4.99 Å². The van der Waals surface area contributed by atoms with Crippen LogP contribution in [0.15, 0.2) is 4.99 Å². The van der Waals surface area contributed by atoms with Crippen LogP contribution in [0.25, 0.3) is 0 Å². The van der Waals surface area contributed by atoms with E-state index < -0.39 is 0 Å². The molecule has 1 saturated heterocycles. The maximum Gasteiger partial charge on any atom is 0.156 e. The number of rotatable bonds is 6. The Morgan fingerprint density at radius 3 is 2.67 bits per heavy atom. The predicted molar refractivity (Wildman–Crippen MR) is 69.8 cm³/mol. The summed E-state index contributed by atoms with van der Waals surface area (Å²) in [5, 5.41) is 4.59. The average molecular weight is 229 g/mol. The van der Waals surface area contributed by atoms with Crippen molar-refractivity contribution in [1.82, 2.24) is 10.2 Å². The number of amidine groups is 1. The number of hydrogen-bond acceptors (Lipinski definition) is 3. The molecule has 1 aliphatic rings. The lowest BCUT2D eigenvalue weighted by molar-refractivity contribution is 0.313. The molecule has 1 fully saturated rings. The van der Waals surface area contributed by atoms with Crippen LogP contribution in [0.5, 0.6) is 0 Å². The van der Waals surface area contributed by atoms with E-state index in [0.717, 1.165) is 31.3 Å². The van der Waals surface area contributed by atoms with E-state index in [-0.39, 0.29) is 0 Å². The minimum Gasteiger partial charge on any atom is -0.361 e. The fourth-order valence-electron chi connectivity index (χ4n) is 1.58. The zero-order valence-corrected chi connectivity index (χ0v) is 10.9. The maximum atomic E-state index is 4.58. The van der Waals surface area contributed by atoms with E-state index in [0.29, 0.717) is 6.04 Å². The smallest absolute Gasteiger partial charge is 0.156 e. The number of nitrogens with one attached hydrogen (secondary N) is 1.